The van der Waals surface area contributed by atoms with E-state index in [0.717, 1.165) is 16.5 Å². The second-order valence-electron chi connectivity index (χ2n) is 9.85. The first kappa shape index (κ1) is 28.1. The summed E-state index contributed by atoms with van der Waals surface area (Å²) in [5.74, 6) is 1.04. The maximum absolute atomic E-state index is 13.4. The van der Waals surface area contributed by atoms with Gasteiger partial charge < -0.3 is 19.6 Å². The van der Waals surface area contributed by atoms with Crippen LogP contribution in [0.15, 0.2) is 83.5 Å². The fraction of sp³-hybridized carbons (Fsp3) is 0.194. The van der Waals surface area contributed by atoms with E-state index in [1.807, 2.05) is 50.2 Å². The first-order valence-electron chi connectivity index (χ1n) is 13.0. The van der Waals surface area contributed by atoms with Crippen LogP contribution in [0.3, 0.4) is 0 Å². The van der Waals surface area contributed by atoms with Crippen molar-refractivity contribution in [2.45, 2.75) is 33.0 Å². The number of hydrogen-bond acceptors (Lipinski definition) is 7. The summed E-state index contributed by atoms with van der Waals surface area (Å²) in [6.07, 6.45) is 1.48. The Kier molecular flexibility index (Phi) is 8.47. The molecule has 0 saturated carbocycles. The van der Waals surface area contributed by atoms with E-state index in [2.05, 4.69) is 20.6 Å². The number of anilines is 2. The second-order valence-corrected chi connectivity index (χ2v) is 10.3. The average molecular weight is 575 g/mol. The molecular formula is C31H28ClFN4O4. The Labute approximate surface area is 241 Å². The molecule has 210 valence electrons. The van der Waals surface area contributed by atoms with E-state index in [1.54, 1.807) is 24.3 Å². The highest BCUT2D eigenvalue weighted by molar-refractivity contribution is 6.32. The van der Waals surface area contributed by atoms with E-state index in [1.165, 1.54) is 18.5 Å². The predicted molar refractivity (Wildman–Crippen MR) is 156 cm³/mol. The normalized spacial score (nSPS) is 12.0. The molecule has 1 atom stereocenters. The van der Waals surface area contributed by atoms with E-state index < -0.39 is 12.0 Å². The van der Waals surface area contributed by atoms with Gasteiger partial charge in [-0.3, -0.25) is 10.1 Å². The number of furan rings is 1. The molecule has 0 fully saturated rings. The Bertz CT molecular complexity index is 1690. The highest BCUT2D eigenvalue weighted by Gasteiger charge is 2.21. The van der Waals surface area contributed by atoms with Crippen molar-refractivity contribution in [1.29, 1.82) is 0 Å². The van der Waals surface area contributed by atoms with E-state index in [4.69, 9.17) is 20.8 Å². The van der Waals surface area contributed by atoms with Crippen molar-refractivity contribution >= 4 is 40.0 Å². The van der Waals surface area contributed by atoms with E-state index >= 15 is 0 Å². The van der Waals surface area contributed by atoms with Crippen molar-refractivity contribution in [1.82, 2.24) is 15.3 Å². The summed E-state index contributed by atoms with van der Waals surface area (Å²) in [6.45, 7) is 4.19. The molecule has 0 aliphatic rings. The average Bonchev–Trinajstić information content (AvgIpc) is 3.41. The molecular weight excluding hydrogens is 547 g/mol. The van der Waals surface area contributed by atoms with Gasteiger partial charge in [0.1, 0.15) is 47.9 Å². The van der Waals surface area contributed by atoms with Gasteiger partial charge in [-0.15, -0.1) is 0 Å². The fourth-order valence-corrected chi connectivity index (χ4v) is 4.61. The lowest BCUT2D eigenvalue weighted by atomic mass is 10.1. The number of carbonyl (C=O) groups is 1. The van der Waals surface area contributed by atoms with Crippen LogP contribution >= 0.6 is 11.6 Å². The largest absolute Gasteiger partial charge is 0.487 e. The summed E-state index contributed by atoms with van der Waals surface area (Å²) in [5, 5.41) is 16.9. The summed E-state index contributed by atoms with van der Waals surface area (Å²) in [7, 11) is 0. The third kappa shape index (κ3) is 6.82. The maximum atomic E-state index is 13.4. The topological polar surface area (TPSA) is 110 Å². The van der Waals surface area contributed by atoms with Crippen LogP contribution in [0.2, 0.25) is 5.02 Å². The molecule has 0 aliphatic carbocycles. The number of benzene rings is 3. The monoisotopic (exact) mass is 574 g/mol. The molecule has 3 N–H and O–H groups in total. The minimum absolute atomic E-state index is 0.0628. The fourth-order valence-electron chi connectivity index (χ4n) is 4.38. The molecule has 0 radical (unpaired) electrons. The Morgan fingerprint density at radius 3 is 2.68 bits per heavy atom. The van der Waals surface area contributed by atoms with Crippen LogP contribution in [0.5, 0.6) is 5.75 Å². The zero-order valence-electron chi connectivity index (χ0n) is 22.4. The number of nitrogens with zero attached hydrogens (tertiary/aromatic N) is 2. The van der Waals surface area contributed by atoms with Crippen LogP contribution in [0, 0.1) is 11.7 Å². The van der Waals surface area contributed by atoms with Gasteiger partial charge in [-0.05, 0) is 72.1 Å². The van der Waals surface area contributed by atoms with Gasteiger partial charge in [-0.1, -0.05) is 37.6 Å². The number of aliphatic carboxylic acids is 1. The van der Waals surface area contributed by atoms with Gasteiger partial charge in [-0.25, -0.2) is 14.4 Å². The van der Waals surface area contributed by atoms with Gasteiger partial charge in [0, 0.05) is 16.6 Å². The minimum Gasteiger partial charge on any atom is -0.487 e. The Hall–Kier alpha value is -4.47. The van der Waals surface area contributed by atoms with Crippen LogP contribution in [-0.2, 0) is 17.9 Å². The summed E-state index contributed by atoms with van der Waals surface area (Å²) in [5.41, 5.74) is 2.95. The van der Waals surface area contributed by atoms with Crippen LogP contribution in [-0.4, -0.2) is 27.1 Å². The standard InChI is InChI=1S/C31H28ClFN4O4/c1-18(2)29(31(38)39)34-15-23-8-11-27(41-23)20-6-9-26-24(13-20)30(36-17-35-26)37-22-7-10-28(25(32)14-22)40-16-19-4-3-5-21(33)12-19/h3-14,17-18,29,34H,15-16H2,1-2H3,(H,38,39)(H,35,36,37). The number of hydrogen-bond donors (Lipinski definition) is 3. The van der Waals surface area contributed by atoms with Crippen molar-refractivity contribution < 1.29 is 23.4 Å². The zero-order chi connectivity index (χ0) is 28.9. The van der Waals surface area contributed by atoms with Crippen LogP contribution in [0.4, 0.5) is 15.9 Å². The number of carboxylic acid groups (broad SMARTS) is 1. The molecule has 1 unspecified atom stereocenters. The van der Waals surface area contributed by atoms with Crippen molar-refractivity contribution in [3.05, 3.63) is 101 Å². The lowest BCUT2D eigenvalue weighted by Crippen LogP contribution is -2.40. The Morgan fingerprint density at radius 2 is 1.93 bits per heavy atom. The Morgan fingerprint density at radius 1 is 1.07 bits per heavy atom. The first-order valence-corrected chi connectivity index (χ1v) is 13.4. The molecule has 0 aliphatic heterocycles. The number of ether oxygens (including phenoxy) is 1. The first-order chi connectivity index (χ1) is 19.8. The number of nitrogens with one attached hydrogen (secondary N) is 2. The number of rotatable bonds is 11. The van der Waals surface area contributed by atoms with Gasteiger partial charge in [-0.2, -0.15) is 0 Å². The van der Waals surface area contributed by atoms with Crippen molar-refractivity contribution in [2.75, 3.05) is 5.32 Å². The third-order valence-corrected chi connectivity index (χ3v) is 6.78. The highest BCUT2D eigenvalue weighted by Crippen LogP contribution is 2.33. The smallest absolute Gasteiger partial charge is 0.320 e. The van der Waals surface area contributed by atoms with Crippen LogP contribution in [0.1, 0.15) is 25.2 Å². The molecule has 0 spiro atoms. The summed E-state index contributed by atoms with van der Waals surface area (Å²) in [4.78, 5) is 20.3. The molecule has 0 saturated heterocycles. The molecule has 5 aromatic rings. The lowest BCUT2D eigenvalue weighted by molar-refractivity contribution is -0.140. The SMILES string of the molecule is CC(C)C(NCc1ccc(-c2ccc3ncnc(Nc4ccc(OCc5cccc(F)c5)c(Cl)c4)c3c2)o1)C(=O)O. The van der Waals surface area contributed by atoms with E-state index in [0.29, 0.717) is 45.9 Å². The van der Waals surface area contributed by atoms with Gasteiger partial charge in [0.2, 0.25) is 0 Å². The Balaban J connectivity index is 1.31. The van der Waals surface area contributed by atoms with Gasteiger partial charge in [0.25, 0.3) is 0 Å². The number of carboxylic acids is 1. The van der Waals surface area contributed by atoms with Crippen molar-refractivity contribution in [2.24, 2.45) is 5.92 Å². The molecule has 0 amide bonds. The predicted octanol–water partition coefficient (Wildman–Crippen LogP) is 7.20. The van der Waals surface area contributed by atoms with Crippen molar-refractivity contribution in [3.63, 3.8) is 0 Å². The van der Waals surface area contributed by atoms with Crippen molar-refractivity contribution in [3.8, 4) is 17.1 Å². The number of aromatic nitrogens is 2. The number of halogens is 2. The second kappa shape index (κ2) is 12.4. The molecule has 3 aromatic carbocycles. The summed E-state index contributed by atoms with van der Waals surface area (Å²) >= 11 is 6.48. The zero-order valence-corrected chi connectivity index (χ0v) is 23.2. The molecule has 10 heteroatoms. The molecule has 5 rings (SSSR count). The quantitative estimate of drug-likeness (QED) is 0.152. The van der Waals surface area contributed by atoms with Gasteiger partial charge in [0.15, 0.2) is 0 Å². The molecule has 2 aromatic heterocycles. The molecule has 8 nitrogen and oxygen atoms in total. The third-order valence-electron chi connectivity index (χ3n) is 6.49. The highest BCUT2D eigenvalue weighted by atomic mass is 35.5. The minimum atomic E-state index is -0.895. The number of fused-ring (bicyclic) bond motifs is 1. The molecule has 2 heterocycles. The summed E-state index contributed by atoms with van der Waals surface area (Å²) in [6, 6.07) is 20.2. The summed E-state index contributed by atoms with van der Waals surface area (Å²) < 4.78 is 25.2. The van der Waals surface area contributed by atoms with E-state index in [-0.39, 0.29) is 18.3 Å². The molecule has 0 bridgehead atoms. The molecule has 41 heavy (non-hydrogen) atoms. The van der Waals surface area contributed by atoms with Gasteiger partial charge in [0.05, 0.1) is 17.1 Å². The van der Waals surface area contributed by atoms with Crippen LogP contribution in [0.25, 0.3) is 22.2 Å². The lowest BCUT2D eigenvalue weighted by Gasteiger charge is -2.16. The van der Waals surface area contributed by atoms with Crippen LogP contribution < -0.4 is 15.4 Å². The maximum Gasteiger partial charge on any atom is 0.320 e. The van der Waals surface area contributed by atoms with E-state index in [9.17, 15) is 14.3 Å². The van der Waals surface area contributed by atoms with Gasteiger partial charge >= 0.3 is 5.97 Å².